The quantitative estimate of drug-likeness (QED) is 0.0936. The van der Waals surface area contributed by atoms with Gasteiger partial charge in [-0.05, 0) is 58.0 Å². The van der Waals surface area contributed by atoms with Crippen LogP contribution in [-0.4, -0.2) is 30.1 Å². The number of ether oxygens (including phenoxy) is 3. The summed E-state index contributed by atoms with van der Waals surface area (Å²) < 4.78 is 17.5. The van der Waals surface area contributed by atoms with Gasteiger partial charge in [0.15, 0.2) is 11.5 Å². The van der Waals surface area contributed by atoms with Gasteiger partial charge >= 0.3 is 5.97 Å². The lowest BCUT2D eigenvalue weighted by Crippen LogP contribution is -2.07. The number of H-pyrrole nitrogens is 1. The van der Waals surface area contributed by atoms with Gasteiger partial charge in [0.05, 0.1) is 35.8 Å². The molecule has 186 valence electrons. The van der Waals surface area contributed by atoms with E-state index in [-0.39, 0.29) is 16.8 Å². The molecule has 0 saturated heterocycles. The third-order valence-electron chi connectivity index (χ3n) is 6.12. The number of nitrogens with one attached hydrogen (secondary N) is 1. The number of hydrogen-bond acceptors (Lipinski definition) is 6. The molecular weight excluding hydrogens is 587 g/mol. The summed E-state index contributed by atoms with van der Waals surface area (Å²) in [5.74, 6) is 0.164. The van der Waals surface area contributed by atoms with Gasteiger partial charge in [-0.1, -0.05) is 42.5 Å². The minimum atomic E-state index is -0.686. The monoisotopic (exact) mass is 608 g/mol. The molecule has 0 bridgehead atoms. The molecule has 37 heavy (non-hydrogen) atoms. The molecule has 0 spiro atoms. The number of benzene rings is 4. The molecule has 5 rings (SSSR count). The molecule has 0 aliphatic rings. The molecule has 1 aromatic heterocycles. The standard InChI is InChI=1S/C28H21IN2O6/c1-35-23-13-17(11-12-22(23)37-15-16-7-4-3-5-8-16)24-21(31(33)34)14-18-25-19(29)9-6-10-20(25)30-27(18)26(24)28(32)36-2/h3-14,30H,15H2,1-2H3. The number of fused-ring (bicyclic) bond motifs is 3. The molecular formula is C28H21IN2O6. The first-order chi connectivity index (χ1) is 17.9. The summed E-state index contributed by atoms with van der Waals surface area (Å²) in [4.78, 5) is 28.2. The Morgan fingerprint density at radius 3 is 2.49 bits per heavy atom. The third-order valence-corrected chi connectivity index (χ3v) is 7.02. The second-order valence-electron chi connectivity index (χ2n) is 8.24. The number of hydrogen-bond donors (Lipinski definition) is 1. The van der Waals surface area contributed by atoms with Gasteiger partial charge in [-0.25, -0.2) is 4.79 Å². The van der Waals surface area contributed by atoms with Gasteiger partial charge in [-0.15, -0.1) is 0 Å². The van der Waals surface area contributed by atoms with Crippen molar-refractivity contribution in [3.63, 3.8) is 0 Å². The van der Waals surface area contributed by atoms with Gasteiger partial charge in [-0.2, -0.15) is 0 Å². The lowest BCUT2D eigenvalue weighted by Gasteiger charge is -2.15. The maximum Gasteiger partial charge on any atom is 0.340 e. The second kappa shape index (κ2) is 10.1. The maximum absolute atomic E-state index is 13.1. The third kappa shape index (κ3) is 4.46. The SMILES string of the molecule is COC(=O)c1c(-c2ccc(OCc3ccccc3)c(OC)c2)c([N+](=O)[O-])cc2c1[nH]c1cccc(I)c12. The van der Waals surface area contributed by atoms with Crippen molar-refractivity contribution >= 4 is 56.1 Å². The molecule has 5 aromatic rings. The summed E-state index contributed by atoms with van der Waals surface area (Å²) in [6, 6.07) is 21.8. The van der Waals surface area contributed by atoms with Crippen molar-refractivity contribution in [1.29, 1.82) is 0 Å². The fraction of sp³-hybridized carbons (Fsp3) is 0.107. The Kier molecular flexibility index (Phi) is 6.70. The normalized spacial score (nSPS) is 11.0. The van der Waals surface area contributed by atoms with E-state index < -0.39 is 10.9 Å². The summed E-state index contributed by atoms with van der Waals surface area (Å²) in [6.07, 6.45) is 0. The molecule has 1 heterocycles. The van der Waals surface area contributed by atoms with Crippen LogP contribution in [0.4, 0.5) is 5.69 Å². The van der Waals surface area contributed by atoms with Crippen LogP contribution in [-0.2, 0) is 11.3 Å². The molecule has 0 aliphatic heterocycles. The Hall–Kier alpha value is -4.12. The van der Waals surface area contributed by atoms with Crippen molar-refractivity contribution in [3.05, 3.63) is 97.6 Å². The van der Waals surface area contributed by atoms with Crippen LogP contribution in [0.1, 0.15) is 15.9 Å². The van der Waals surface area contributed by atoms with Gasteiger partial charge in [0.25, 0.3) is 5.69 Å². The number of rotatable bonds is 7. The summed E-state index contributed by atoms with van der Waals surface area (Å²) in [5, 5.41) is 13.7. The van der Waals surface area contributed by atoms with E-state index >= 15 is 0 Å². The summed E-state index contributed by atoms with van der Waals surface area (Å²) in [6.45, 7) is 0.323. The molecule has 1 N–H and O–H groups in total. The minimum absolute atomic E-state index is 0.0821. The molecule has 0 amide bonds. The predicted molar refractivity (Wildman–Crippen MR) is 149 cm³/mol. The van der Waals surface area contributed by atoms with E-state index in [1.807, 2.05) is 48.5 Å². The van der Waals surface area contributed by atoms with Crippen LogP contribution in [0.3, 0.4) is 0 Å². The molecule has 8 nitrogen and oxygen atoms in total. The number of carbonyl (C=O) groups excluding carboxylic acids is 1. The largest absolute Gasteiger partial charge is 0.493 e. The number of aromatic nitrogens is 1. The van der Waals surface area contributed by atoms with E-state index in [1.54, 1.807) is 18.2 Å². The topological polar surface area (TPSA) is 104 Å². The summed E-state index contributed by atoms with van der Waals surface area (Å²) in [7, 11) is 2.75. The van der Waals surface area contributed by atoms with Crippen LogP contribution in [0.25, 0.3) is 32.9 Å². The zero-order chi connectivity index (χ0) is 26.1. The second-order valence-corrected chi connectivity index (χ2v) is 9.41. The van der Waals surface area contributed by atoms with Gasteiger partial charge in [-0.3, -0.25) is 10.1 Å². The predicted octanol–water partition coefficient (Wildman–Crippen LogP) is 6.88. The first kappa shape index (κ1) is 24.6. The van der Waals surface area contributed by atoms with Crippen molar-refractivity contribution in [2.75, 3.05) is 14.2 Å². The van der Waals surface area contributed by atoms with Crippen molar-refractivity contribution in [3.8, 4) is 22.6 Å². The summed E-state index contributed by atoms with van der Waals surface area (Å²) in [5.41, 5.74) is 2.64. The Labute approximate surface area is 225 Å². The molecule has 0 unspecified atom stereocenters. The highest BCUT2D eigenvalue weighted by molar-refractivity contribution is 14.1. The first-order valence-electron chi connectivity index (χ1n) is 11.3. The van der Waals surface area contributed by atoms with Crippen LogP contribution >= 0.6 is 22.6 Å². The number of halogens is 1. The highest BCUT2D eigenvalue weighted by atomic mass is 127. The maximum atomic E-state index is 13.1. The lowest BCUT2D eigenvalue weighted by atomic mass is 9.94. The van der Waals surface area contributed by atoms with Crippen LogP contribution in [0.5, 0.6) is 11.5 Å². The molecule has 0 fully saturated rings. The van der Waals surface area contributed by atoms with Crippen LogP contribution in [0.2, 0.25) is 0 Å². The number of nitro benzene ring substituents is 1. The number of aromatic amines is 1. The van der Waals surface area contributed by atoms with Crippen molar-refractivity contribution in [2.45, 2.75) is 6.61 Å². The molecule has 0 radical (unpaired) electrons. The molecule has 4 aromatic carbocycles. The number of carbonyl (C=O) groups is 1. The number of nitro groups is 1. The van der Waals surface area contributed by atoms with Crippen molar-refractivity contribution in [2.24, 2.45) is 0 Å². The van der Waals surface area contributed by atoms with E-state index in [2.05, 4.69) is 27.6 Å². The van der Waals surface area contributed by atoms with E-state index in [1.165, 1.54) is 20.3 Å². The zero-order valence-corrected chi connectivity index (χ0v) is 22.1. The van der Waals surface area contributed by atoms with E-state index in [4.69, 9.17) is 14.2 Å². The van der Waals surface area contributed by atoms with E-state index in [9.17, 15) is 14.9 Å². The number of methoxy groups -OCH3 is 2. The Morgan fingerprint density at radius 1 is 1.00 bits per heavy atom. The van der Waals surface area contributed by atoms with Crippen LogP contribution in [0.15, 0.2) is 72.8 Å². The zero-order valence-electron chi connectivity index (χ0n) is 19.9. The average molecular weight is 608 g/mol. The van der Waals surface area contributed by atoms with Crippen LogP contribution < -0.4 is 9.47 Å². The smallest absolute Gasteiger partial charge is 0.340 e. The Balaban J connectivity index is 1.72. The van der Waals surface area contributed by atoms with E-state index in [0.717, 1.165) is 20.0 Å². The van der Waals surface area contributed by atoms with E-state index in [0.29, 0.717) is 34.6 Å². The average Bonchev–Trinajstić information content (AvgIpc) is 3.30. The van der Waals surface area contributed by atoms with Gasteiger partial charge in [0.1, 0.15) is 6.61 Å². The Bertz CT molecular complexity index is 1660. The Morgan fingerprint density at radius 2 is 1.78 bits per heavy atom. The highest BCUT2D eigenvalue weighted by Crippen LogP contribution is 2.44. The fourth-order valence-electron chi connectivity index (χ4n) is 4.45. The molecule has 9 heteroatoms. The highest BCUT2D eigenvalue weighted by Gasteiger charge is 2.30. The molecule has 0 atom stereocenters. The molecule has 0 aliphatic carbocycles. The van der Waals surface area contributed by atoms with Gasteiger partial charge in [0.2, 0.25) is 0 Å². The molecule has 0 saturated carbocycles. The van der Waals surface area contributed by atoms with Crippen molar-refractivity contribution < 1.29 is 23.9 Å². The lowest BCUT2D eigenvalue weighted by molar-refractivity contribution is -0.384. The van der Waals surface area contributed by atoms with Gasteiger partial charge < -0.3 is 19.2 Å². The van der Waals surface area contributed by atoms with Crippen LogP contribution in [0, 0.1) is 13.7 Å². The number of esters is 1. The van der Waals surface area contributed by atoms with Crippen molar-refractivity contribution in [1.82, 2.24) is 4.98 Å². The minimum Gasteiger partial charge on any atom is -0.493 e. The first-order valence-corrected chi connectivity index (χ1v) is 12.4. The number of nitrogens with zero attached hydrogens (tertiary/aromatic N) is 1. The summed E-state index contributed by atoms with van der Waals surface area (Å²) >= 11 is 2.18. The van der Waals surface area contributed by atoms with Gasteiger partial charge in [0, 0.05) is 25.9 Å². The fourth-order valence-corrected chi connectivity index (χ4v) is 5.24.